The van der Waals surface area contributed by atoms with Crippen LogP contribution in [0.4, 0.5) is 0 Å². The molecule has 2 rings (SSSR count). The van der Waals surface area contributed by atoms with Crippen LogP contribution in [0, 0.1) is 6.92 Å². The van der Waals surface area contributed by atoms with Crippen molar-refractivity contribution in [1.82, 2.24) is 19.5 Å². The van der Waals surface area contributed by atoms with Gasteiger partial charge in [-0.05, 0) is 24.6 Å². The second-order valence-corrected chi connectivity index (χ2v) is 5.63. The van der Waals surface area contributed by atoms with E-state index < -0.39 is 10.0 Å². The molecule has 0 unspecified atom stereocenters. The first-order valence-corrected chi connectivity index (χ1v) is 6.86. The molecule has 0 aromatic carbocycles. The third-order valence-corrected chi connectivity index (χ3v) is 4.20. The van der Waals surface area contributed by atoms with Gasteiger partial charge in [-0.1, -0.05) is 0 Å². The van der Waals surface area contributed by atoms with Gasteiger partial charge in [-0.25, -0.2) is 13.1 Å². The van der Waals surface area contributed by atoms with Gasteiger partial charge in [0, 0.05) is 26.0 Å². The van der Waals surface area contributed by atoms with Gasteiger partial charge < -0.3 is 0 Å². The quantitative estimate of drug-likeness (QED) is 0.879. The summed E-state index contributed by atoms with van der Waals surface area (Å²) < 4.78 is 28.2. The van der Waals surface area contributed by atoms with Gasteiger partial charge in [-0.15, -0.1) is 0 Å². The fraction of sp³-hybridized carbons (Fsp3) is 0.273. The van der Waals surface area contributed by atoms with Gasteiger partial charge in [0.1, 0.15) is 4.90 Å². The molecule has 0 radical (unpaired) electrons. The summed E-state index contributed by atoms with van der Waals surface area (Å²) >= 11 is 0. The molecule has 0 bridgehead atoms. The zero-order valence-corrected chi connectivity index (χ0v) is 11.0. The number of nitrogens with one attached hydrogen (secondary N) is 1. The third kappa shape index (κ3) is 2.57. The molecule has 0 amide bonds. The second kappa shape index (κ2) is 4.87. The van der Waals surface area contributed by atoms with Crippen LogP contribution in [0.1, 0.15) is 11.3 Å². The topological polar surface area (TPSA) is 76.9 Å². The number of rotatable bonds is 4. The number of nitrogens with zero attached hydrogens (tertiary/aromatic N) is 3. The van der Waals surface area contributed by atoms with Gasteiger partial charge in [0.2, 0.25) is 10.0 Å². The molecule has 1 N–H and O–H groups in total. The maximum absolute atomic E-state index is 12.1. The van der Waals surface area contributed by atoms with Gasteiger partial charge in [0.05, 0.1) is 11.9 Å². The molecule has 0 saturated heterocycles. The van der Waals surface area contributed by atoms with Gasteiger partial charge in [-0.3, -0.25) is 9.67 Å². The van der Waals surface area contributed by atoms with Gasteiger partial charge in [-0.2, -0.15) is 5.10 Å². The summed E-state index contributed by atoms with van der Waals surface area (Å²) in [6.07, 6.45) is 4.60. The van der Waals surface area contributed by atoms with Crippen molar-refractivity contribution >= 4 is 10.0 Å². The Bertz CT molecular complexity index is 634. The standard InChI is InChI=1S/C11H14N4O2S/c1-9-11(8-13-15(9)2)18(16,17)14-7-10-3-5-12-6-4-10/h3-6,8,14H,7H2,1-2H3. The largest absolute Gasteiger partial charge is 0.272 e. The molecule has 0 aliphatic rings. The van der Waals surface area contributed by atoms with Crippen molar-refractivity contribution in [2.45, 2.75) is 18.4 Å². The summed E-state index contributed by atoms with van der Waals surface area (Å²) in [6, 6.07) is 3.53. The second-order valence-electron chi connectivity index (χ2n) is 3.90. The highest BCUT2D eigenvalue weighted by molar-refractivity contribution is 7.89. The van der Waals surface area contributed by atoms with Crippen LogP contribution >= 0.6 is 0 Å². The summed E-state index contributed by atoms with van der Waals surface area (Å²) in [5.74, 6) is 0. The van der Waals surface area contributed by atoms with E-state index in [9.17, 15) is 8.42 Å². The molecule has 96 valence electrons. The number of aryl methyl sites for hydroxylation is 1. The van der Waals surface area contributed by atoms with E-state index in [1.54, 1.807) is 38.5 Å². The lowest BCUT2D eigenvalue weighted by Crippen LogP contribution is -2.23. The Morgan fingerprint density at radius 3 is 2.56 bits per heavy atom. The number of sulfonamides is 1. The monoisotopic (exact) mass is 266 g/mol. The smallest absolute Gasteiger partial charge is 0.244 e. The maximum atomic E-state index is 12.1. The zero-order valence-electron chi connectivity index (χ0n) is 10.2. The average molecular weight is 266 g/mol. The van der Waals surface area contributed by atoms with Gasteiger partial charge in [0.15, 0.2) is 0 Å². The highest BCUT2D eigenvalue weighted by Gasteiger charge is 2.19. The minimum Gasteiger partial charge on any atom is -0.272 e. The summed E-state index contributed by atoms with van der Waals surface area (Å²) in [5.41, 5.74) is 1.47. The van der Waals surface area contributed by atoms with Crippen LogP contribution in [-0.4, -0.2) is 23.2 Å². The Morgan fingerprint density at radius 2 is 2.00 bits per heavy atom. The van der Waals surface area contributed by atoms with Crippen molar-refractivity contribution in [2.75, 3.05) is 0 Å². The van der Waals surface area contributed by atoms with Crippen molar-refractivity contribution in [2.24, 2.45) is 7.05 Å². The predicted molar refractivity (Wildman–Crippen MR) is 66.2 cm³/mol. The third-order valence-electron chi connectivity index (χ3n) is 2.70. The van der Waals surface area contributed by atoms with E-state index >= 15 is 0 Å². The lowest BCUT2D eigenvalue weighted by molar-refractivity contribution is 0.580. The first kappa shape index (κ1) is 12.7. The minimum absolute atomic E-state index is 0.207. The number of aromatic nitrogens is 3. The van der Waals surface area contributed by atoms with Crippen LogP contribution in [0.25, 0.3) is 0 Å². The molecule has 0 saturated carbocycles. The van der Waals surface area contributed by atoms with E-state index in [0.29, 0.717) is 5.69 Å². The van der Waals surface area contributed by atoms with E-state index in [-0.39, 0.29) is 11.4 Å². The Morgan fingerprint density at radius 1 is 1.33 bits per heavy atom. The summed E-state index contributed by atoms with van der Waals surface area (Å²) in [6.45, 7) is 1.95. The normalized spacial score (nSPS) is 11.7. The van der Waals surface area contributed by atoms with Crippen LogP contribution in [0.3, 0.4) is 0 Å². The molecule has 2 heterocycles. The van der Waals surface area contributed by atoms with Crippen LogP contribution in [0.15, 0.2) is 35.6 Å². The number of hydrogen-bond donors (Lipinski definition) is 1. The molecule has 7 heteroatoms. The van der Waals surface area contributed by atoms with Crippen LogP contribution in [0.2, 0.25) is 0 Å². The van der Waals surface area contributed by atoms with Crippen molar-refractivity contribution in [3.8, 4) is 0 Å². The lowest BCUT2D eigenvalue weighted by Gasteiger charge is -2.06. The van der Waals surface area contributed by atoms with Crippen LogP contribution < -0.4 is 4.72 Å². The molecule has 0 fully saturated rings. The summed E-state index contributed by atoms with van der Waals surface area (Å²) in [4.78, 5) is 4.08. The molecule has 2 aromatic heterocycles. The molecule has 0 aliphatic carbocycles. The van der Waals surface area contributed by atoms with Crippen molar-refractivity contribution in [3.63, 3.8) is 0 Å². The van der Waals surface area contributed by atoms with E-state index in [1.165, 1.54) is 10.9 Å². The lowest BCUT2D eigenvalue weighted by atomic mass is 10.3. The molecule has 0 spiro atoms. The Labute approximate surface area is 106 Å². The fourth-order valence-corrected chi connectivity index (χ4v) is 2.72. The molecule has 0 atom stereocenters. The van der Waals surface area contributed by atoms with Crippen LogP contribution in [-0.2, 0) is 23.6 Å². The highest BCUT2D eigenvalue weighted by Crippen LogP contribution is 2.13. The van der Waals surface area contributed by atoms with E-state index in [2.05, 4.69) is 14.8 Å². The van der Waals surface area contributed by atoms with Gasteiger partial charge >= 0.3 is 0 Å². The minimum atomic E-state index is -3.52. The van der Waals surface area contributed by atoms with Crippen molar-refractivity contribution < 1.29 is 8.42 Å². The Balaban J connectivity index is 2.16. The number of hydrogen-bond acceptors (Lipinski definition) is 4. The van der Waals surface area contributed by atoms with Crippen LogP contribution in [0.5, 0.6) is 0 Å². The maximum Gasteiger partial charge on any atom is 0.244 e. The van der Waals surface area contributed by atoms with Crippen molar-refractivity contribution in [3.05, 3.63) is 42.0 Å². The zero-order chi connectivity index (χ0) is 13.2. The highest BCUT2D eigenvalue weighted by atomic mass is 32.2. The summed E-state index contributed by atoms with van der Waals surface area (Å²) in [7, 11) is -1.82. The molecule has 2 aromatic rings. The average Bonchev–Trinajstić information content (AvgIpc) is 2.70. The first-order chi connectivity index (χ1) is 8.50. The Kier molecular flexibility index (Phi) is 3.44. The first-order valence-electron chi connectivity index (χ1n) is 5.38. The molecular formula is C11H14N4O2S. The SMILES string of the molecule is Cc1c(S(=O)(=O)NCc2ccncc2)cnn1C. The Hall–Kier alpha value is -1.73. The molecule has 18 heavy (non-hydrogen) atoms. The summed E-state index contributed by atoms with van der Waals surface area (Å²) in [5, 5.41) is 3.92. The van der Waals surface area contributed by atoms with Gasteiger partial charge in [0.25, 0.3) is 0 Å². The fourth-order valence-electron chi connectivity index (χ4n) is 1.50. The van der Waals surface area contributed by atoms with E-state index in [0.717, 1.165) is 5.56 Å². The van der Waals surface area contributed by atoms with Crippen molar-refractivity contribution in [1.29, 1.82) is 0 Å². The predicted octanol–water partition coefficient (Wildman–Crippen LogP) is 0.602. The van der Waals surface area contributed by atoms with E-state index in [1.807, 2.05) is 0 Å². The molecule has 6 nitrogen and oxygen atoms in total. The molecular weight excluding hydrogens is 252 g/mol. The number of pyridine rings is 1. The van der Waals surface area contributed by atoms with E-state index in [4.69, 9.17) is 0 Å². The molecule has 0 aliphatic heterocycles.